The summed E-state index contributed by atoms with van der Waals surface area (Å²) in [6.45, 7) is 4.57. The van der Waals surface area contributed by atoms with Crippen molar-refractivity contribution >= 4 is 16.6 Å². The number of nitrogen functional groups attached to an aromatic ring is 1. The van der Waals surface area contributed by atoms with Crippen molar-refractivity contribution in [1.29, 1.82) is 0 Å². The van der Waals surface area contributed by atoms with Crippen molar-refractivity contribution in [2.24, 2.45) is 0 Å². The third kappa shape index (κ3) is 2.19. The molecule has 1 aromatic heterocycles. The first-order chi connectivity index (χ1) is 7.83. The smallest absolute Gasteiger partial charge is 0.0713 e. The number of hydrogen-bond donors (Lipinski definition) is 1. The van der Waals surface area contributed by atoms with Crippen LogP contribution in [0.3, 0.4) is 0 Å². The topological polar surface area (TPSA) is 40.2 Å². The molecular formula is C13H18N2O. The van der Waals surface area contributed by atoms with E-state index in [1.165, 1.54) is 5.39 Å². The van der Waals surface area contributed by atoms with E-state index in [4.69, 9.17) is 10.5 Å². The molecule has 2 aromatic rings. The monoisotopic (exact) mass is 218 g/mol. The predicted octanol–water partition coefficient (Wildman–Crippen LogP) is 2.65. The highest BCUT2D eigenvalue weighted by molar-refractivity contribution is 5.90. The van der Waals surface area contributed by atoms with Crippen LogP contribution in [0.15, 0.2) is 30.5 Å². The lowest BCUT2D eigenvalue weighted by Gasteiger charge is -2.07. The van der Waals surface area contributed by atoms with E-state index in [1.807, 2.05) is 19.1 Å². The quantitative estimate of drug-likeness (QED) is 0.619. The number of aromatic nitrogens is 1. The summed E-state index contributed by atoms with van der Waals surface area (Å²) >= 11 is 0. The molecule has 16 heavy (non-hydrogen) atoms. The van der Waals surface area contributed by atoms with Gasteiger partial charge in [0.25, 0.3) is 0 Å². The zero-order chi connectivity index (χ0) is 11.4. The molecular weight excluding hydrogens is 200 g/mol. The van der Waals surface area contributed by atoms with Gasteiger partial charge in [0.2, 0.25) is 0 Å². The number of fused-ring (bicyclic) bond motifs is 1. The summed E-state index contributed by atoms with van der Waals surface area (Å²) in [7, 11) is 0. The summed E-state index contributed by atoms with van der Waals surface area (Å²) in [6.07, 6.45) is 3.11. The number of rotatable bonds is 5. The Morgan fingerprint density at radius 1 is 1.31 bits per heavy atom. The minimum Gasteiger partial charge on any atom is -0.397 e. The summed E-state index contributed by atoms with van der Waals surface area (Å²) < 4.78 is 7.53. The number of nitrogens with two attached hydrogens (primary N) is 1. The Hall–Kier alpha value is -1.48. The molecule has 0 aliphatic carbocycles. The molecule has 0 amide bonds. The first kappa shape index (κ1) is 11.0. The second-order valence-electron chi connectivity index (χ2n) is 3.84. The Kier molecular flexibility index (Phi) is 3.47. The number of hydrogen-bond acceptors (Lipinski definition) is 2. The average Bonchev–Trinajstić information content (AvgIpc) is 2.69. The minimum atomic E-state index is 0.786. The van der Waals surface area contributed by atoms with Crippen molar-refractivity contribution in [2.45, 2.75) is 19.9 Å². The normalized spacial score (nSPS) is 11.1. The van der Waals surface area contributed by atoms with Crippen LogP contribution in [0.4, 0.5) is 5.69 Å². The second kappa shape index (κ2) is 5.03. The van der Waals surface area contributed by atoms with Crippen molar-refractivity contribution < 1.29 is 4.74 Å². The van der Waals surface area contributed by atoms with Crippen LogP contribution in [0.5, 0.6) is 0 Å². The lowest BCUT2D eigenvalue weighted by Crippen LogP contribution is -2.02. The molecule has 86 valence electrons. The van der Waals surface area contributed by atoms with Gasteiger partial charge < -0.3 is 15.0 Å². The van der Waals surface area contributed by atoms with Gasteiger partial charge >= 0.3 is 0 Å². The molecule has 0 unspecified atom stereocenters. The third-order valence-corrected chi connectivity index (χ3v) is 2.71. The second-order valence-corrected chi connectivity index (χ2v) is 3.84. The van der Waals surface area contributed by atoms with Gasteiger partial charge in [-0.3, -0.25) is 0 Å². The van der Waals surface area contributed by atoms with Gasteiger partial charge in [-0.15, -0.1) is 0 Å². The minimum absolute atomic E-state index is 0.786. The first-order valence-electron chi connectivity index (χ1n) is 5.74. The van der Waals surface area contributed by atoms with Crippen LogP contribution in [0.1, 0.15) is 13.3 Å². The molecule has 1 aromatic carbocycles. The molecule has 0 atom stereocenters. The molecule has 0 spiro atoms. The fourth-order valence-corrected chi connectivity index (χ4v) is 1.96. The van der Waals surface area contributed by atoms with Crippen LogP contribution in [0, 0.1) is 0 Å². The molecule has 3 heteroatoms. The Bertz CT molecular complexity index is 462. The van der Waals surface area contributed by atoms with Crippen LogP contribution in [-0.4, -0.2) is 17.8 Å². The number of benzene rings is 1. The standard InChI is InChI=1S/C13H18N2O/c1-2-16-10-4-8-15-9-7-11-5-3-6-12(14)13(11)15/h3,5-7,9H,2,4,8,10,14H2,1H3. The van der Waals surface area contributed by atoms with Crippen LogP contribution in [-0.2, 0) is 11.3 Å². The molecule has 3 nitrogen and oxygen atoms in total. The van der Waals surface area contributed by atoms with Crippen molar-refractivity contribution in [3.63, 3.8) is 0 Å². The van der Waals surface area contributed by atoms with E-state index in [-0.39, 0.29) is 0 Å². The van der Waals surface area contributed by atoms with Gasteiger partial charge in [0.05, 0.1) is 11.2 Å². The lowest BCUT2D eigenvalue weighted by molar-refractivity contribution is 0.142. The maximum atomic E-state index is 5.98. The molecule has 0 fully saturated rings. The highest BCUT2D eigenvalue weighted by Crippen LogP contribution is 2.22. The van der Waals surface area contributed by atoms with Crippen molar-refractivity contribution in [1.82, 2.24) is 4.57 Å². The van der Waals surface area contributed by atoms with Crippen molar-refractivity contribution in [2.75, 3.05) is 18.9 Å². The molecule has 2 N–H and O–H groups in total. The zero-order valence-electron chi connectivity index (χ0n) is 9.65. The van der Waals surface area contributed by atoms with Gasteiger partial charge in [-0.25, -0.2) is 0 Å². The van der Waals surface area contributed by atoms with Crippen molar-refractivity contribution in [3.8, 4) is 0 Å². The fourth-order valence-electron chi connectivity index (χ4n) is 1.96. The SMILES string of the molecule is CCOCCCn1ccc2cccc(N)c21. The Morgan fingerprint density at radius 2 is 2.19 bits per heavy atom. The van der Waals surface area contributed by atoms with Gasteiger partial charge in [0.1, 0.15) is 0 Å². The van der Waals surface area contributed by atoms with Gasteiger partial charge in [0, 0.05) is 31.3 Å². The number of aryl methyl sites for hydroxylation is 1. The molecule has 2 rings (SSSR count). The van der Waals surface area contributed by atoms with Crippen molar-refractivity contribution in [3.05, 3.63) is 30.5 Å². The van der Waals surface area contributed by atoms with Gasteiger partial charge in [-0.2, -0.15) is 0 Å². The number of nitrogens with zero attached hydrogens (tertiary/aromatic N) is 1. The molecule has 1 heterocycles. The predicted molar refractivity (Wildman–Crippen MR) is 67.5 cm³/mol. The lowest BCUT2D eigenvalue weighted by atomic mass is 10.2. The van der Waals surface area contributed by atoms with E-state index in [1.54, 1.807) is 0 Å². The summed E-state index contributed by atoms with van der Waals surface area (Å²) in [5, 5.41) is 1.21. The number of anilines is 1. The van der Waals surface area contributed by atoms with Crippen LogP contribution < -0.4 is 5.73 Å². The number of para-hydroxylation sites is 1. The van der Waals surface area contributed by atoms with E-state index in [9.17, 15) is 0 Å². The fraction of sp³-hybridized carbons (Fsp3) is 0.385. The van der Waals surface area contributed by atoms with Gasteiger partial charge in [-0.05, 0) is 25.5 Å². The molecule has 0 aliphatic rings. The first-order valence-corrected chi connectivity index (χ1v) is 5.74. The number of ether oxygens (including phenoxy) is 1. The Labute approximate surface area is 95.8 Å². The Balaban J connectivity index is 2.12. The summed E-state index contributed by atoms with van der Waals surface area (Å²) in [5.74, 6) is 0. The summed E-state index contributed by atoms with van der Waals surface area (Å²) in [5.41, 5.74) is 7.96. The third-order valence-electron chi connectivity index (χ3n) is 2.71. The largest absolute Gasteiger partial charge is 0.397 e. The molecule has 0 bridgehead atoms. The maximum absolute atomic E-state index is 5.98. The molecule has 0 radical (unpaired) electrons. The van der Waals surface area contributed by atoms with E-state index in [2.05, 4.69) is 22.9 Å². The van der Waals surface area contributed by atoms with Gasteiger partial charge in [-0.1, -0.05) is 12.1 Å². The summed E-state index contributed by atoms with van der Waals surface area (Å²) in [6, 6.07) is 8.13. The van der Waals surface area contributed by atoms with E-state index in [0.29, 0.717) is 0 Å². The van der Waals surface area contributed by atoms with E-state index >= 15 is 0 Å². The van der Waals surface area contributed by atoms with Crippen LogP contribution in [0.2, 0.25) is 0 Å². The summed E-state index contributed by atoms with van der Waals surface area (Å²) in [4.78, 5) is 0. The highest BCUT2D eigenvalue weighted by atomic mass is 16.5. The highest BCUT2D eigenvalue weighted by Gasteiger charge is 2.03. The van der Waals surface area contributed by atoms with Crippen LogP contribution in [0.25, 0.3) is 10.9 Å². The maximum Gasteiger partial charge on any atom is 0.0713 e. The zero-order valence-corrected chi connectivity index (χ0v) is 9.65. The average molecular weight is 218 g/mol. The van der Waals surface area contributed by atoms with E-state index < -0.39 is 0 Å². The molecule has 0 aliphatic heterocycles. The van der Waals surface area contributed by atoms with Gasteiger partial charge in [0.15, 0.2) is 0 Å². The molecule has 0 saturated heterocycles. The molecule has 0 saturated carbocycles. The van der Waals surface area contributed by atoms with E-state index in [0.717, 1.165) is 37.4 Å². The Morgan fingerprint density at radius 3 is 3.00 bits per heavy atom. The van der Waals surface area contributed by atoms with Crippen LogP contribution >= 0.6 is 0 Å².